The van der Waals surface area contributed by atoms with E-state index in [1.165, 1.54) is 6.07 Å². The second kappa shape index (κ2) is 5.08. The molecule has 0 radical (unpaired) electrons. The topological polar surface area (TPSA) is 43.8 Å². The molecule has 0 amide bonds. The van der Waals surface area contributed by atoms with Gasteiger partial charge in [-0.2, -0.15) is 5.10 Å². The summed E-state index contributed by atoms with van der Waals surface area (Å²) in [5.41, 5.74) is 9.38. The van der Waals surface area contributed by atoms with Crippen LogP contribution in [0.2, 0.25) is 5.02 Å². The number of nitrogens with zero attached hydrogens (tertiary/aromatic N) is 2. The average molecular weight is 268 g/mol. The highest BCUT2D eigenvalue weighted by Crippen LogP contribution is 2.28. The molecule has 3 nitrogen and oxygen atoms in total. The van der Waals surface area contributed by atoms with Gasteiger partial charge in [-0.1, -0.05) is 11.6 Å². The van der Waals surface area contributed by atoms with Gasteiger partial charge >= 0.3 is 0 Å². The molecule has 0 fully saturated rings. The predicted molar refractivity (Wildman–Crippen MR) is 71.1 cm³/mol. The Kier molecular flexibility index (Phi) is 3.68. The molecule has 2 aromatic rings. The first-order valence-electron chi connectivity index (χ1n) is 5.72. The van der Waals surface area contributed by atoms with Gasteiger partial charge in [0.25, 0.3) is 0 Å². The van der Waals surface area contributed by atoms with E-state index in [0.29, 0.717) is 6.54 Å². The van der Waals surface area contributed by atoms with Crippen molar-refractivity contribution in [1.82, 2.24) is 9.78 Å². The first-order valence-corrected chi connectivity index (χ1v) is 6.10. The fourth-order valence-electron chi connectivity index (χ4n) is 2.11. The predicted octanol–water partition coefficient (Wildman–Crippen LogP) is 2.69. The number of benzene rings is 1. The van der Waals surface area contributed by atoms with Crippen LogP contribution < -0.4 is 5.73 Å². The summed E-state index contributed by atoms with van der Waals surface area (Å²) >= 11 is 5.81. The van der Waals surface area contributed by atoms with Gasteiger partial charge in [0.15, 0.2) is 0 Å². The van der Waals surface area contributed by atoms with Gasteiger partial charge in [0.1, 0.15) is 5.82 Å². The van der Waals surface area contributed by atoms with E-state index in [1.807, 2.05) is 14.0 Å². The van der Waals surface area contributed by atoms with Crippen LogP contribution >= 0.6 is 11.6 Å². The van der Waals surface area contributed by atoms with E-state index in [9.17, 15) is 4.39 Å². The highest BCUT2D eigenvalue weighted by molar-refractivity contribution is 6.31. The highest BCUT2D eigenvalue weighted by Gasteiger charge is 2.14. The van der Waals surface area contributed by atoms with Crippen molar-refractivity contribution in [2.45, 2.75) is 13.3 Å². The van der Waals surface area contributed by atoms with E-state index in [4.69, 9.17) is 17.3 Å². The van der Waals surface area contributed by atoms with Crippen LogP contribution in [0.15, 0.2) is 18.2 Å². The molecule has 0 spiro atoms. The van der Waals surface area contributed by atoms with Gasteiger partial charge in [0.2, 0.25) is 0 Å². The van der Waals surface area contributed by atoms with Crippen molar-refractivity contribution in [2.24, 2.45) is 12.8 Å². The maximum atomic E-state index is 13.2. The zero-order valence-corrected chi connectivity index (χ0v) is 11.1. The van der Waals surface area contributed by atoms with Crippen LogP contribution in [-0.4, -0.2) is 16.3 Å². The van der Waals surface area contributed by atoms with Crippen molar-refractivity contribution in [2.75, 3.05) is 6.54 Å². The van der Waals surface area contributed by atoms with Crippen molar-refractivity contribution in [3.05, 3.63) is 40.3 Å². The Morgan fingerprint density at radius 1 is 1.44 bits per heavy atom. The summed E-state index contributed by atoms with van der Waals surface area (Å²) in [5, 5.41) is 4.55. The van der Waals surface area contributed by atoms with Gasteiger partial charge < -0.3 is 5.73 Å². The van der Waals surface area contributed by atoms with E-state index in [0.717, 1.165) is 28.9 Å². The molecule has 0 unspecified atom stereocenters. The van der Waals surface area contributed by atoms with Crippen molar-refractivity contribution in [3.8, 4) is 11.3 Å². The van der Waals surface area contributed by atoms with Gasteiger partial charge in [0.05, 0.1) is 16.4 Å². The summed E-state index contributed by atoms with van der Waals surface area (Å²) in [4.78, 5) is 0. The van der Waals surface area contributed by atoms with Gasteiger partial charge in [0, 0.05) is 19.0 Å². The molecule has 0 aliphatic carbocycles. The van der Waals surface area contributed by atoms with Crippen molar-refractivity contribution in [1.29, 1.82) is 0 Å². The molecule has 1 heterocycles. The van der Waals surface area contributed by atoms with Crippen LogP contribution in [-0.2, 0) is 13.5 Å². The fourth-order valence-corrected chi connectivity index (χ4v) is 2.29. The first-order chi connectivity index (χ1) is 8.54. The third-order valence-electron chi connectivity index (χ3n) is 2.96. The van der Waals surface area contributed by atoms with Crippen LogP contribution in [0.3, 0.4) is 0 Å². The maximum Gasteiger partial charge on any atom is 0.141 e. The highest BCUT2D eigenvalue weighted by atomic mass is 35.5. The largest absolute Gasteiger partial charge is 0.330 e. The van der Waals surface area contributed by atoms with Gasteiger partial charge in [-0.05, 0) is 37.2 Å². The smallest absolute Gasteiger partial charge is 0.141 e. The standard InChI is InChI=1S/C13H15ClFN3/c1-8-12(5-6-16)17-18(2)13(8)9-3-4-11(15)10(14)7-9/h3-4,7H,5-6,16H2,1-2H3. The van der Waals surface area contributed by atoms with E-state index in [-0.39, 0.29) is 5.02 Å². The zero-order valence-electron chi connectivity index (χ0n) is 10.4. The minimum absolute atomic E-state index is 0.119. The SMILES string of the molecule is Cc1c(CCN)nn(C)c1-c1ccc(F)c(Cl)c1. The van der Waals surface area contributed by atoms with Gasteiger partial charge in [-0.15, -0.1) is 0 Å². The van der Waals surface area contributed by atoms with E-state index >= 15 is 0 Å². The number of aryl methyl sites for hydroxylation is 1. The van der Waals surface area contributed by atoms with Crippen LogP contribution in [0.5, 0.6) is 0 Å². The normalized spacial score (nSPS) is 10.9. The number of nitrogens with two attached hydrogens (primary N) is 1. The quantitative estimate of drug-likeness (QED) is 0.929. The average Bonchev–Trinajstić information content (AvgIpc) is 2.59. The molecule has 2 N–H and O–H groups in total. The Balaban J connectivity index is 2.53. The van der Waals surface area contributed by atoms with Crippen LogP contribution in [0.4, 0.5) is 4.39 Å². The summed E-state index contributed by atoms with van der Waals surface area (Å²) < 4.78 is 15.0. The molecule has 1 aromatic carbocycles. The number of hydrogen-bond acceptors (Lipinski definition) is 2. The van der Waals surface area contributed by atoms with Crippen LogP contribution in [0.25, 0.3) is 11.3 Å². The Hall–Kier alpha value is -1.39. The number of aromatic nitrogens is 2. The zero-order chi connectivity index (χ0) is 13.3. The molecule has 0 aliphatic heterocycles. The minimum Gasteiger partial charge on any atom is -0.330 e. The van der Waals surface area contributed by atoms with Gasteiger partial charge in [-0.3, -0.25) is 4.68 Å². The molecule has 1 aromatic heterocycles. The summed E-state index contributed by atoms with van der Waals surface area (Å²) in [5.74, 6) is -0.414. The number of hydrogen-bond donors (Lipinski definition) is 1. The maximum absolute atomic E-state index is 13.2. The molecule has 5 heteroatoms. The van der Waals surface area contributed by atoms with E-state index in [2.05, 4.69) is 5.10 Å². The summed E-state index contributed by atoms with van der Waals surface area (Å²) in [6.45, 7) is 2.55. The Morgan fingerprint density at radius 2 is 2.17 bits per heavy atom. The molecule has 18 heavy (non-hydrogen) atoms. The molecule has 2 rings (SSSR count). The van der Waals surface area contributed by atoms with Crippen molar-refractivity contribution < 1.29 is 4.39 Å². The lowest BCUT2D eigenvalue weighted by atomic mass is 10.1. The first kappa shape index (κ1) is 13.1. The number of halogens is 2. The Labute approximate surface area is 110 Å². The summed E-state index contributed by atoms with van der Waals surface area (Å²) in [7, 11) is 1.86. The van der Waals surface area contributed by atoms with E-state index in [1.54, 1.807) is 16.8 Å². The molecule has 0 aliphatic rings. The van der Waals surface area contributed by atoms with E-state index < -0.39 is 5.82 Å². The molecule has 0 atom stereocenters. The number of rotatable bonds is 3. The minimum atomic E-state index is -0.414. The van der Waals surface area contributed by atoms with Crippen molar-refractivity contribution >= 4 is 11.6 Å². The second-order valence-corrected chi connectivity index (χ2v) is 4.62. The molecule has 0 saturated heterocycles. The monoisotopic (exact) mass is 267 g/mol. The summed E-state index contributed by atoms with van der Waals surface area (Å²) in [6.07, 6.45) is 0.731. The Morgan fingerprint density at radius 3 is 2.78 bits per heavy atom. The lowest BCUT2D eigenvalue weighted by molar-refractivity contribution is 0.628. The lowest BCUT2D eigenvalue weighted by Gasteiger charge is -2.05. The third kappa shape index (κ3) is 2.26. The van der Waals surface area contributed by atoms with Crippen LogP contribution in [0.1, 0.15) is 11.3 Å². The third-order valence-corrected chi connectivity index (χ3v) is 3.25. The van der Waals surface area contributed by atoms with Crippen LogP contribution in [0, 0.1) is 12.7 Å². The molecular formula is C13H15ClFN3. The van der Waals surface area contributed by atoms with Gasteiger partial charge in [-0.25, -0.2) is 4.39 Å². The second-order valence-electron chi connectivity index (χ2n) is 4.21. The molecule has 0 bridgehead atoms. The lowest BCUT2D eigenvalue weighted by Crippen LogP contribution is -2.04. The molecule has 96 valence electrons. The molecular weight excluding hydrogens is 253 g/mol. The fraction of sp³-hybridized carbons (Fsp3) is 0.308. The summed E-state index contributed by atoms with van der Waals surface area (Å²) in [6, 6.07) is 4.69. The Bertz CT molecular complexity index is 578. The molecule has 0 saturated carbocycles. The van der Waals surface area contributed by atoms with Crippen molar-refractivity contribution in [3.63, 3.8) is 0 Å².